The van der Waals surface area contributed by atoms with Crippen molar-refractivity contribution >= 4 is 5.69 Å². The Labute approximate surface area is 81.6 Å². The fourth-order valence-corrected chi connectivity index (χ4v) is 1.18. The highest BCUT2D eigenvalue weighted by molar-refractivity contribution is 5.37. The van der Waals surface area contributed by atoms with Crippen LogP contribution < -0.4 is 5.32 Å². The molecular formula is C8H12N6. The molecule has 0 aliphatic heterocycles. The molecule has 0 amide bonds. The molecule has 0 aliphatic carbocycles. The van der Waals surface area contributed by atoms with E-state index in [9.17, 15) is 0 Å². The molecule has 6 heteroatoms. The van der Waals surface area contributed by atoms with Crippen LogP contribution in [-0.2, 0) is 13.6 Å². The molecule has 2 rings (SSSR count). The largest absolute Gasteiger partial charge is 0.381 e. The third-order valence-corrected chi connectivity index (χ3v) is 1.84. The maximum absolute atomic E-state index is 4.05. The number of nitrogens with one attached hydrogen (secondary N) is 1. The summed E-state index contributed by atoms with van der Waals surface area (Å²) in [6.45, 7) is 1.62. The summed E-state index contributed by atoms with van der Waals surface area (Å²) in [5.74, 6) is 0. The monoisotopic (exact) mass is 192 g/mol. The Morgan fingerprint density at radius 2 is 2.36 bits per heavy atom. The zero-order valence-corrected chi connectivity index (χ0v) is 7.96. The Balaban J connectivity index is 1.78. The second-order valence-corrected chi connectivity index (χ2v) is 2.99. The van der Waals surface area contributed by atoms with E-state index in [4.69, 9.17) is 0 Å². The van der Waals surface area contributed by atoms with Gasteiger partial charge in [0, 0.05) is 19.8 Å². The molecule has 2 heterocycles. The van der Waals surface area contributed by atoms with Crippen molar-refractivity contribution in [2.75, 3.05) is 11.9 Å². The Kier molecular flexibility index (Phi) is 2.44. The summed E-state index contributed by atoms with van der Waals surface area (Å²) in [6.07, 6.45) is 6.96. The third kappa shape index (κ3) is 2.09. The van der Waals surface area contributed by atoms with E-state index in [2.05, 4.69) is 20.5 Å². The molecule has 0 aliphatic rings. The number of aryl methyl sites for hydroxylation is 1. The molecule has 0 saturated carbocycles. The van der Waals surface area contributed by atoms with Gasteiger partial charge in [-0.1, -0.05) is 0 Å². The van der Waals surface area contributed by atoms with Gasteiger partial charge in [-0.2, -0.15) is 10.2 Å². The fraction of sp³-hybridized carbons (Fsp3) is 0.375. The van der Waals surface area contributed by atoms with E-state index in [-0.39, 0.29) is 0 Å². The number of rotatable bonds is 4. The molecule has 0 fully saturated rings. The Hall–Kier alpha value is -1.85. The smallest absolute Gasteiger partial charge is 0.137 e. The minimum absolute atomic E-state index is 0.800. The van der Waals surface area contributed by atoms with E-state index < -0.39 is 0 Å². The van der Waals surface area contributed by atoms with Crippen LogP contribution in [0.3, 0.4) is 0 Å². The first kappa shape index (κ1) is 8.74. The minimum Gasteiger partial charge on any atom is -0.381 e. The van der Waals surface area contributed by atoms with Gasteiger partial charge in [0.25, 0.3) is 0 Å². The lowest BCUT2D eigenvalue weighted by atomic mass is 10.5. The van der Waals surface area contributed by atoms with Crippen molar-refractivity contribution < 1.29 is 0 Å². The average Bonchev–Trinajstić information content (AvgIpc) is 2.77. The summed E-state index contributed by atoms with van der Waals surface area (Å²) in [7, 11) is 1.89. The highest BCUT2D eigenvalue weighted by atomic mass is 15.3. The minimum atomic E-state index is 0.800. The first-order valence-corrected chi connectivity index (χ1v) is 4.39. The predicted molar refractivity (Wildman–Crippen MR) is 51.7 cm³/mol. The van der Waals surface area contributed by atoms with Crippen LogP contribution in [0.25, 0.3) is 0 Å². The van der Waals surface area contributed by atoms with Gasteiger partial charge in [0.15, 0.2) is 0 Å². The summed E-state index contributed by atoms with van der Waals surface area (Å²) in [5.41, 5.74) is 1.02. The van der Waals surface area contributed by atoms with E-state index in [1.165, 1.54) is 6.33 Å². The molecule has 0 saturated heterocycles. The molecule has 0 bridgehead atoms. The summed E-state index contributed by atoms with van der Waals surface area (Å²) >= 11 is 0. The highest BCUT2D eigenvalue weighted by Gasteiger charge is 1.94. The van der Waals surface area contributed by atoms with E-state index in [1.807, 2.05) is 13.2 Å². The van der Waals surface area contributed by atoms with E-state index in [1.54, 1.807) is 21.9 Å². The normalized spacial score (nSPS) is 10.4. The number of nitrogens with zero attached hydrogens (tertiary/aromatic N) is 5. The van der Waals surface area contributed by atoms with Crippen molar-refractivity contribution in [2.24, 2.45) is 7.05 Å². The maximum atomic E-state index is 4.05. The molecule has 74 valence electrons. The quantitative estimate of drug-likeness (QED) is 0.747. The molecule has 2 aromatic rings. The first-order valence-electron chi connectivity index (χ1n) is 4.39. The maximum Gasteiger partial charge on any atom is 0.137 e. The summed E-state index contributed by atoms with van der Waals surface area (Å²) < 4.78 is 3.54. The van der Waals surface area contributed by atoms with Crippen LogP contribution in [0.15, 0.2) is 25.0 Å². The molecule has 0 unspecified atom stereocenters. The Morgan fingerprint density at radius 1 is 1.43 bits per heavy atom. The van der Waals surface area contributed by atoms with Crippen molar-refractivity contribution in [1.82, 2.24) is 24.5 Å². The van der Waals surface area contributed by atoms with E-state index in [0.717, 1.165) is 18.8 Å². The van der Waals surface area contributed by atoms with E-state index in [0.29, 0.717) is 0 Å². The van der Waals surface area contributed by atoms with Crippen LogP contribution in [0, 0.1) is 0 Å². The molecule has 1 N–H and O–H groups in total. The number of hydrogen-bond donors (Lipinski definition) is 1. The molecule has 0 atom stereocenters. The second-order valence-electron chi connectivity index (χ2n) is 2.99. The third-order valence-electron chi connectivity index (χ3n) is 1.84. The van der Waals surface area contributed by atoms with Crippen LogP contribution in [0.5, 0.6) is 0 Å². The van der Waals surface area contributed by atoms with Gasteiger partial charge in [0.2, 0.25) is 0 Å². The summed E-state index contributed by atoms with van der Waals surface area (Å²) in [6, 6.07) is 0. The van der Waals surface area contributed by atoms with E-state index >= 15 is 0 Å². The number of anilines is 1. The summed E-state index contributed by atoms with van der Waals surface area (Å²) in [5, 5.41) is 11.3. The van der Waals surface area contributed by atoms with Gasteiger partial charge in [0.05, 0.1) is 18.4 Å². The van der Waals surface area contributed by atoms with Crippen LogP contribution >= 0.6 is 0 Å². The second kappa shape index (κ2) is 3.91. The van der Waals surface area contributed by atoms with Crippen LogP contribution in [0.2, 0.25) is 0 Å². The van der Waals surface area contributed by atoms with Gasteiger partial charge in [-0.25, -0.2) is 4.98 Å². The Morgan fingerprint density at radius 3 is 3.00 bits per heavy atom. The summed E-state index contributed by atoms with van der Waals surface area (Å²) in [4.78, 5) is 3.86. The molecule has 0 spiro atoms. The van der Waals surface area contributed by atoms with Gasteiger partial charge in [-0.05, 0) is 0 Å². The standard InChI is InChI=1S/C8H12N6/c1-13-5-8(4-11-13)10-2-3-14-7-9-6-12-14/h4-7,10H,2-3H2,1H3. The zero-order chi connectivity index (χ0) is 9.80. The Bertz CT molecular complexity index is 376. The van der Waals surface area contributed by atoms with Crippen molar-refractivity contribution in [3.8, 4) is 0 Å². The lowest BCUT2D eigenvalue weighted by molar-refractivity contribution is 0.636. The van der Waals surface area contributed by atoms with Crippen molar-refractivity contribution in [3.05, 3.63) is 25.0 Å². The molecular weight excluding hydrogens is 180 g/mol. The zero-order valence-electron chi connectivity index (χ0n) is 7.96. The molecule has 2 aromatic heterocycles. The predicted octanol–water partition coefficient (Wildman–Crippen LogP) is 0.124. The molecule has 14 heavy (non-hydrogen) atoms. The van der Waals surface area contributed by atoms with Gasteiger partial charge in [0.1, 0.15) is 12.7 Å². The van der Waals surface area contributed by atoms with Crippen LogP contribution in [-0.4, -0.2) is 31.1 Å². The first-order chi connectivity index (χ1) is 6.84. The SMILES string of the molecule is Cn1cc(NCCn2cncn2)cn1. The molecule has 6 nitrogen and oxygen atoms in total. The molecule has 0 aromatic carbocycles. The lowest BCUT2D eigenvalue weighted by Crippen LogP contribution is -2.10. The molecule has 0 radical (unpaired) electrons. The van der Waals surface area contributed by atoms with Gasteiger partial charge in [-0.15, -0.1) is 0 Å². The fourth-order valence-electron chi connectivity index (χ4n) is 1.18. The number of hydrogen-bond acceptors (Lipinski definition) is 4. The number of aromatic nitrogens is 5. The lowest BCUT2D eigenvalue weighted by Gasteiger charge is -2.02. The highest BCUT2D eigenvalue weighted by Crippen LogP contribution is 2.01. The van der Waals surface area contributed by atoms with Gasteiger partial charge < -0.3 is 5.32 Å². The van der Waals surface area contributed by atoms with Crippen molar-refractivity contribution in [2.45, 2.75) is 6.54 Å². The van der Waals surface area contributed by atoms with Gasteiger partial charge in [-0.3, -0.25) is 9.36 Å². The van der Waals surface area contributed by atoms with Crippen LogP contribution in [0.1, 0.15) is 0 Å². The average molecular weight is 192 g/mol. The topological polar surface area (TPSA) is 60.6 Å². The van der Waals surface area contributed by atoms with Crippen molar-refractivity contribution in [3.63, 3.8) is 0 Å². The van der Waals surface area contributed by atoms with Crippen molar-refractivity contribution in [1.29, 1.82) is 0 Å². The van der Waals surface area contributed by atoms with Gasteiger partial charge >= 0.3 is 0 Å². The van der Waals surface area contributed by atoms with Crippen LogP contribution in [0.4, 0.5) is 5.69 Å².